The summed E-state index contributed by atoms with van der Waals surface area (Å²) < 4.78 is 70.5. The Kier molecular flexibility index (Phi) is 31.2. The fourth-order valence-corrected chi connectivity index (χ4v) is 11.6. The van der Waals surface area contributed by atoms with E-state index in [1.807, 2.05) is 102 Å². The number of aryl methyl sites for hydroxylation is 1. The van der Waals surface area contributed by atoms with Crippen LogP contribution in [-0.2, 0) is 84.0 Å². The largest absolute Gasteiger partial charge is 0.497 e. The second kappa shape index (κ2) is 40.5. The molecule has 7 aromatic rings. The second-order valence-electron chi connectivity index (χ2n) is 23.7. The summed E-state index contributed by atoms with van der Waals surface area (Å²) in [6, 6.07) is 56.4. The molecular weight excluding hydrogens is 1110 g/mol. The van der Waals surface area contributed by atoms with Gasteiger partial charge in [0.2, 0.25) is 0 Å². The van der Waals surface area contributed by atoms with Gasteiger partial charge in [-0.1, -0.05) is 261 Å². The summed E-state index contributed by atoms with van der Waals surface area (Å²) in [5.41, 5.74) is 7.02. The molecule has 8 atom stereocenters. The highest BCUT2D eigenvalue weighted by Gasteiger charge is 2.50. The molecule has 0 radical (unpaired) electrons. The zero-order chi connectivity index (χ0) is 61.8. The SMILES string of the molecule is CCCCCCCCCCCCCC[C@@H](OCc1ccc(OC)cc1)[C@@H](OCc1ccc(OC)cc1)[C@H](CO[C@H]1OC(COCc2ccccc2)[C@H](OCc2ccccc2)[C@H](OCc2ccccc2)[C@H]1OCc1ccccc1)n1cc(CCCCCC)nn1. The molecule has 0 spiro atoms. The number of nitrogens with zero attached hydrogens (tertiary/aromatic N) is 3. The fraction of sp³-hybridized carbons (Fsp3) is 0.500. The van der Waals surface area contributed by atoms with Gasteiger partial charge in [0.15, 0.2) is 6.29 Å². The molecule has 480 valence electrons. The van der Waals surface area contributed by atoms with Crippen LogP contribution >= 0.6 is 0 Å². The maximum Gasteiger partial charge on any atom is 0.187 e. The van der Waals surface area contributed by atoms with Crippen LogP contribution < -0.4 is 9.47 Å². The first kappa shape index (κ1) is 68.6. The Hall–Kier alpha value is -6.26. The molecule has 13 heteroatoms. The number of unbranched alkanes of at least 4 members (excludes halogenated alkanes) is 14. The Balaban J connectivity index is 1.16. The van der Waals surface area contributed by atoms with E-state index in [1.165, 1.54) is 70.6 Å². The number of benzene rings is 6. The lowest BCUT2D eigenvalue weighted by atomic mass is 9.97. The lowest BCUT2D eigenvalue weighted by Crippen LogP contribution is -2.62. The summed E-state index contributed by atoms with van der Waals surface area (Å²) in [7, 11) is 3.38. The van der Waals surface area contributed by atoms with Crippen molar-refractivity contribution in [1.29, 1.82) is 0 Å². The smallest absolute Gasteiger partial charge is 0.187 e. The third kappa shape index (κ3) is 24.1. The zero-order valence-electron chi connectivity index (χ0n) is 53.7. The molecule has 1 unspecified atom stereocenters. The quantitative estimate of drug-likeness (QED) is 0.0338. The molecule has 1 fully saturated rings. The van der Waals surface area contributed by atoms with Gasteiger partial charge in [-0.3, -0.25) is 0 Å². The summed E-state index contributed by atoms with van der Waals surface area (Å²) in [6.45, 7) is 6.69. The van der Waals surface area contributed by atoms with Crippen molar-refractivity contribution < 1.29 is 47.4 Å². The molecule has 0 N–H and O–H groups in total. The first-order valence-electron chi connectivity index (χ1n) is 33.2. The first-order chi connectivity index (χ1) is 44.0. The number of aromatic nitrogens is 3. The Labute approximate surface area is 532 Å². The fourth-order valence-electron chi connectivity index (χ4n) is 11.6. The predicted molar refractivity (Wildman–Crippen MR) is 352 cm³/mol. The summed E-state index contributed by atoms with van der Waals surface area (Å²) in [4.78, 5) is 0. The predicted octanol–water partition coefficient (Wildman–Crippen LogP) is 16.9. The summed E-state index contributed by atoms with van der Waals surface area (Å²) in [6.07, 6.45) is 18.3. The molecule has 2 heterocycles. The highest BCUT2D eigenvalue weighted by molar-refractivity contribution is 5.28. The maximum absolute atomic E-state index is 7.44. The lowest BCUT2D eigenvalue weighted by molar-refractivity contribution is -0.331. The van der Waals surface area contributed by atoms with Gasteiger partial charge in [0.25, 0.3) is 0 Å². The number of hydrogen-bond acceptors (Lipinski definition) is 12. The zero-order valence-corrected chi connectivity index (χ0v) is 53.7. The Morgan fingerprint density at radius 3 is 1.38 bits per heavy atom. The molecule has 8 rings (SSSR count). The van der Waals surface area contributed by atoms with E-state index in [0.717, 1.165) is 95.5 Å². The monoisotopic (exact) mass is 1220 g/mol. The van der Waals surface area contributed by atoms with Crippen LogP contribution in [0.25, 0.3) is 0 Å². The summed E-state index contributed by atoms with van der Waals surface area (Å²) in [5.74, 6) is 1.57. The minimum absolute atomic E-state index is 0.0845. The van der Waals surface area contributed by atoms with Crippen molar-refractivity contribution in [3.8, 4) is 11.5 Å². The van der Waals surface area contributed by atoms with E-state index in [-0.39, 0.29) is 19.8 Å². The first-order valence-corrected chi connectivity index (χ1v) is 33.2. The van der Waals surface area contributed by atoms with Crippen molar-refractivity contribution >= 4 is 0 Å². The average molecular weight is 1220 g/mol. The molecule has 1 aliphatic rings. The van der Waals surface area contributed by atoms with Gasteiger partial charge < -0.3 is 47.4 Å². The van der Waals surface area contributed by atoms with Gasteiger partial charge in [0, 0.05) is 6.20 Å². The molecule has 1 aromatic heterocycles. The minimum Gasteiger partial charge on any atom is -0.497 e. The van der Waals surface area contributed by atoms with Crippen LogP contribution in [-0.4, -0.2) is 85.3 Å². The molecule has 1 saturated heterocycles. The Morgan fingerprint density at radius 2 is 0.876 bits per heavy atom. The van der Waals surface area contributed by atoms with Gasteiger partial charge in [0.05, 0.1) is 78.9 Å². The van der Waals surface area contributed by atoms with Gasteiger partial charge in [-0.05, 0) is 76.9 Å². The molecule has 0 saturated carbocycles. The van der Waals surface area contributed by atoms with Gasteiger partial charge in [-0.15, -0.1) is 5.10 Å². The molecule has 89 heavy (non-hydrogen) atoms. The number of rotatable bonds is 45. The van der Waals surface area contributed by atoms with E-state index < -0.39 is 49.0 Å². The normalized spacial score (nSPS) is 17.7. The van der Waals surface area contributed by atoms with Crippen molar-refractivity contribution in [1.82, 2.24) is 15.0 Å². The molecule has 1 aliphatic heterocycles. The molecule has 0 amide bonds. The van der Waals surface area contributed by atoms with Crippen LogP contribution in [0.15, 0.2) is 176 Å². The van der Waals surface area contributed by atoms with Crippen LogP contribution in [0, 0.1) is 0 Å². The third-order valence-corrected chi connectivity index (χ3v) is 16.8. The van der Waals surface area contributed by atoms with Crippen LogP contribution in [0.3, 0.4) is 0 Å². The van der Waals surface area contributed by atoms with E-state index >= 15 is 0 Å². The molecular formula is C76H101N3O10. The Bertz CT molecular complexity index is 2880. The van der Waals surface area contributed by atoms with E-state index in [9.17, 15) is 0 Å². The van der Waals surface area contributed by atoms with Gasteiger partial charge in [0.1, 0.15) is 48.1 Å². The topological polar surface area (TPSA) is 123 Å². The van der Waals surface area contributed by atoms with Crippen LogP contribution in [0.5, 0.6) is 11.5 Å². The number of ether oxygens (including phenoxy) is 10. The maximum atomic E-state index is 7.44. The Morgan fingerprint density at radius 1 is 0.438 bits per heavy atom. The lowest BCUT2D eigenvalue weighted by Gasteiger charge is -2.46. The van der Waals surface area contributed by atoms with Crippen molar-refractivity contribution in [2.45, 2.75) is 218 Å². The molecule has 13 nitrogen and oxygen atoms in total. The second-order valence-corrected chi connectivity index (χ2v) is 23.7. The van der Waals surface area contributed by atoms with Crippen LogP contribution in [0.4, 0.5) is 0 Å². The van der Waals surface area contributed by atoms with Gasteiger partial charge >= 0.3 is 0 Å². The van der Waals surface area contributed by atoms with Crippen molar-refractivity contribution in [2.75, 3.05) is 27.4 Å². The standard InChI is InChI=1S/C76H101N3O10/c1-5-7-9-11-12-13-14-15-16-17-18-32-42-70(83-53-64-43-47-67(80-3)48-44-64)72(84-57-65-45-49-68(81-4)50-46-65)69(79-51-66(77-78-79)41-31-10-8-6-2)58-88-76-75(87-56-63-39-29-22-30-40-63)74(86-55-62-37-27-21-28-38-62)73(85-54-61-35-25-20-26-36-61)71(89-76)59-82-52-60-33-23-19-24-34-60/h19-30,33-40,43-51,69-76H,5-18,31-32,41-42,52-59H2,1-4H3/t69-,70+,71?,72-,73-,74-,75+,76-/m0/s1. The van der Waals surface area contributed by atoms with Crippen molar-refractivity contribution in [3.05, 3.63) is 215 Å². The highest BCUT2D eigenvalue weighted by Crippen LogP contribution is 2.35. The van der Waals surface area contributed by atoms with Gasteiger partial charge in [-0.25, -0.2) is 4.68 Å². The van der Waals surface area contributed by atoms with Crippen molar-refractivity contribution in [3.63, 3.8) is 0 Å². The van der Waals surface area contributed by atoms with E-state index in [4.69, 9.17) is 57.7 Å². The average Bonchev–Trinajstić information content (AvgIpc) is 1.46. The number of methoxy groups -OCH3 is 2. The number of hydrogen-bond donors (Lipinski definition) is 0. The summed E-state index contributed by atoms with van der Waals surface area (Å²) in [5, 5.41) is 9.82. The van der Waals surface area contributed by atoms with E-state index in [2.05, 4.69) is 92.8 Å². The third-order valence-electron chi connectivity index (χ3n) is 16.8. The molecule has 6 aromatic carbocycles. The minimum atomic E-state index is -0.988. The highest BCUT2D eigenvalue weighted by atomic mass is 16.7. The molecule has 0 bridgehead atoms. The van der Waals surface area contributed by atoms with Crippen molar-refractivity contribution in [2.24, 2.45) is 0 Å². The summed E-state index contributed by atoms with van der Waals surface area (Å²) >= 11 is 0. The van der Waals surface area contributed by atoms with Crippen LogP contribution in [0.2, 0.25) is 0 Å². The van der Waals surface area contributed by atoms with Crippen LogP contribution in [0.1, 0.15) is 168 Å². The van der Waals surface area contributed by atoms with E-state index in [0.29, 0.717) is 33.0 Å². The molecule has 0 aliphatic carbocycles. The van der Waals surface area contributed by atoms with E-state index in [1.54, 1.807) is 14.2 Å². The van der Waals surface area contributed by atoms with Gasteiger partial charge in [-0.2, -0.15) is 0 Å².